The summed E-state index contributed by atoms with van der Waals surface area (Å²) in [5, 5.41) is 3.69. The van der Waals surface area contributed by atoms with Gasteiger partial charge in [0.05, 0.1) is 0 Å². The van der Waals surface area contributed by atoms with Gasteiger partial charge in [0.1, 0.15) is 0 Å². The SMILES string of the molecule is CCCC1NCC(C)c2ccc(C(C)C)cc21. The Labute approximate surface area is 106 Å². The van der Waals surface area contributed by atoms with Crippen LogP contribution in [0, 0.1) is 0 Å². The van der Waals surface area contributed by atoms with E-state index in [2.05, 4.69) is 51.2 Å². The molecule has 1 aromatic rings. The Morgan fingerprint density at radius 2 is 2.06 bits per heavy atom. The van der Waals surface area contributed by atoms with Crippen molar-refractivity contribution in [2.75, 3.05) is 6.54 Å². The predicted octanol–water partition coefficient (Wildman–Crippen LogP) is 4.36. The highest BCUT2D eigenvalue weighted by Gasteiger charge is 2.23. The summed E-state index contributed by atoms with van der Waals surface area (Å²) in [7, 11) is 0. The third kappa shape index (κ3) is 2.55. The molecular weight excluding hydrogens is 206 g/mol. The first-order valence-corrected chi connectivity index (χ1v) is 7.00. The van der Waals surface area contributed by atoms with E-state index in [1.807, 2.05) is 0 Å². The molecule has 0 saturated carbocycles. The van der Waals surface area contributed by atoms with E-state index in [0.29, 0.717) is 17.9 Å². The molecule has 0 amide bonds. The van der Waals surface area contributed by atoms with Crippen LogP contribution >= 0.6 is 0 Å². The second-order valence-corrected chi connectivity index (χ2v) is 5.69. The van der Waals surface area contributed by atoms with Crippen molar-refractivity contribution in [2.24, 2.45) is 0 Å². The lowest BCUT2D eigenvalue weighted by Gasteiger charge is -2.32. The largest absolute Gasteiger partial charge is 0.309 e. The highest BCUT2D eigenvalue weighted by Crippen LogP contribution is 2.34. The van der Waals surface area contributed by atoms with Crippen LogP contribution in [0.5, 0.6) is 0 Å². The van der Waals surface area contributed by atoms with E-state index < -0.39 is 0 Å². The summed E-state index contributed by atoms with van der Waals surface area (Å²) in [6.45, 7) is 10.3. The summed E-state index contributed by atoms with van der Waals surface area (Å²) in [5.74, 6) is 1.28. The van der Waals surface area contributed by atoms with Gasteiger partial charge in [0.25, 0.3) is 0 Å². The normalized spacial score (nSPS) is 23.8. The van der Waals surface area contributed by atoms with Crippen molar-refractivity contribution in [3.63, 3.8) is 0 Å². The third-order valence-electron chi connectivity index (χ3n) is 3.93. The van der Waals surface area contributed by atoms with E-state index in [9.17, 15) is 0 Å². The van der Waals surface area contributed by atoms with E-state index in [-0.39, 0.29) is 0 Å². The zero-order valence-electron chi connectivity index (χ0n) is 11.6. The second-order valence-electron chi connectivity index (χ2n) is 5.69. The highest BCUT2D eigenvalue weighted by atomic mass is 14.9. The van der Waals surface area contributed by atoms with Crippen LogP contribution in [-0.4, -0.2) is 6.54 Å². The van der Waals surface area contributed by atoms with Crippen LogP contribution in [0.1, 0.15) is 75.1 Å². The first-order chi connectivity index (χ1) is 8.13. The molecule has 1 aliphatic heterocycles. The fourth-order valence-corrected chi connectivity index (χ4v) is 2.79. The van der Waals surface area contributed by atoms with Gasteiger partial charge in [-0.05, 0) is 34.9 Å². The molecule has 1 heterocycles. The molecule has 2 atom stereocenters. The fraction of sp³-hybridized carbons (Fsp3) is 0.625. The molecular formula is C16H25N. The van der Waals surface area contributed by atoms with Gasteiger partial charge >= 0.3 is 0 Å². The van der Waals surface area contributed by atoms with Gasteiger partial charge in [0.2, 0.25) is 0 Å². The highest BCUT2D eigenvalue weighted by molar-refractivity contribution is 5.39. The van der Waals surface area contributed by atoms with Crippen LogP contribution < -0.4 is 5.32 Å². The number of hydrogen-bond acceptors (Lipinski definition) is 1. The molecule has 1 nitrogen and oxygen atoms in total. The summed E-state index contributed by atoms with van der Waals surface area (Å²) in [6, 6.07) is 7.68. The molecule has 0 saturated heterocycles. The first-order valence-electron chi connectivity index (χ1n) is 7.00. The lowest BCUT2D eigenvalue weighted by Crippen LogP contribution is -2.32. The summed E-state index contributed by atoms with van der Waals surface area (Å²) < 4.78 is 0. The van der Waals surface area contributed by atoms with Crippen molar-refractivity contribution < 1.29 is 0 Å². The molecule has 1 aromatic carbocycles. The molecule has 1 N–H and O–H groups in total. The fourth-order valence-electron chi connectivity index (χ4n) is 2.79. The molecule has 1 aliphatic rings. The zero-order chi connectivity index (χ0) is 12.4. The minimum Gasteiger partial charge on any atom is -0.309 e. The van der Waals surface area contributed by atoms with Crippen molar-refractivity contribution >= 4 is 0 Å². The van der Waals surface area contributed by atoms with Crippen LogP contribution in [0.15, 0.2) is 18.2 Å². The van der Waals surface area contributed by atoms with E-state index in [1.165, 1.54) is 18.4 Å². The maximum absolute atomic E-state index is 3.69. The molecule has 2 rings (SSSR count). The zero-order valence-corrected chi connectivity index (χ0v) is 11.6. The average molecular weight is 231 g/mol. The number of nitrogens with one attached hydrogen (secondary N) is 1. The summed E-state index contributed by atoms with van der Waals surface area (Å²) >= 11 is 0. The Morgan fingerprint density at radius 3 is 2.71 bits per heavy atom. The van der Waals surface area contributed by atoms with E-state index in [4.69, 9.17) is 0 Å². The van der Waals surface area contributed by atoms with Gasteiger partial charge in [-0.2, -0.15) is 0 Å². The van der Waals surface area contributed by atoms with Crippen LogP contribution in [0.2, 0.25) is 0 Å². The average Bonchev–Trinajstić information content (AvgIpc) is 2.32. The third-order valence-corrected chi connectivity index (χ3v) is 3.93. The van der Waals surface area contributed by atoms with Crippen LogP contribution in [0.3, 0.4) is 0 Å². The Morgan fingerprint density at radius 1 is 1.29 bits per heavy atom. The molecule has 1 heteroatoms. The number of fused-ring (bicyclic) bond motifs is 1. The molecule has 2 unspecified atom stereocenters. The smallest absolute Gasteiger partial charge is 0.0323 e. The second kappa shape index (κ2) is 5.22. The molecule has 0 bridgehead atoms. The number of hydrogen-bond donors (Lipinski definition) is 1. The molecule has 0 aromatic heterocycles. The maximum atomic E-state index is 3.69. The van der Waals surface area contributed by atoms with Gasteiger partial charge in [0, 0.05) is 12.6 Å². The Balaban J connectivity index is 2.38. The van der Waals surface area contributed by atoms with Gasteiger partial charge in [-0.25, -0.2) is 0 Å². The summed E-state index contributed by atoms with van der Waals surface area (Å²) in [6.07, 6.45) is 2.50. The molecule has 94 valence electrons. The van der Waals surface area contributed by atoms with E-state index in [1.54, 1.807) is 11.1 Å². The van der Waals surface area contributed by atoms with Crippen molar-refractivity contribution in [1.82, 2.24) is 5.32 Å². The predicted molar refractivity (Wildman–Crippen MR) is 74.6 cm³/mol. The van der Waals surface area contributed by atoms with Crippen LogP contribution in [0.4, 0.5) is 0 Å². The summed E-state index contributed by atoms with van der Waals surface area (Å²) in [5.41, 5.74) is 4.59. The first kappa shape index (κ1) is 12.6. The summed E-state index contributed by atoms with van der Waals surface area (Å²) in [4.78, 5) is 0. The maximum Gasteiger partial charge on any atom is 0.0323 e. The Kier molecular flexibility index (Phi) is 3.88. The van der Waals surface area contributed by atoms with Gasteiger partial charge < -0.3 is 5.32 Å². The molecule has 0 spiro atoms. The lowest BCUT2D eigenvalue weighted by atomic mass is 9.84. The minimum atomic E-state index is 0.574. The minimum absolute atomic E-state index is 0.574. The lowest BCUT2D eigenvalue weighted by molar-refractivity contribution is 0.440. The van der Waals surface area contributed by atoms with Crippen molar-refractivity contribution in [1.29, 1.82) is 0 Å². The van der Waals surface area contributed by atoms with Gasteiger partial charge in [-0.3, -0.25) is 0 Å². The van der Waals surface area contributed by atoms with Crippen LogP contribution in [0.25, 0.3) is 0 Å². The van der Waals surface area contributed by atoms with Crippen molar-refractivity contribution in [2.45, 2.75) is 58.4 Å². The standard InChI is InChI=1S/C16H25N/c1-5-6-16-15-9-13(11(2)3)7-8-14(15)12(4)10-17-16/h7-9,11-12,16-17H,5-6,10H2,1-4H3. The molecule has 17 heavy (non-hydrogen) atoms. The van der Waals surface area contributed by atoms with E-state index >= 15 is 0 Å². The quantitative estimate of drug-likeness (QED) is 0.815. The van der Waals surface area contributed by atoms with Crippen molar-refractivity contribution in [3.8, 4) is 0 Å². The monoisotopic (exact) mass is 231 g/mol. The van der Waals surface area contributed by atoms with Gasteiger partial charge in [-0.1, -0.05) is 52.3 Å². The number of benzene rings is 1. The van der Waals surface area contributed by atoms with Crippen molar-refractivity contribution in [3.05, 3.63) is 34.9 Å². The molecule has 0 radical (unpaired) electrons. The molecule has 0 aliphatic carbocycles. The van der Waals surface area contributed by atoms with Gasteiger partial charge in [-0.15, -0.1) is 0 Å². The Hall–Kier alpha value is -0.820. The number of rotatable bonds is 3. The topological polar surface area (TPSA) is 12.0 Å². The van der Waals surface area contributed by atoms with Crippen LogP contribution in [-0.2, 0) is 0 Å². The Bertz CT molecular complexity index is 381. The van der Waals surface area contributed by atoms with E-state index in [0.717, 1.165) is 6.54 Å². The van der Waals surface area contributed by atoms with Gasteiger partial charge in [0.15, 0.2) is 0 Å². The molecule has 0 fully saturated rings.